The highest BCUT2D eigenvalue weighted by Gasteiger charge is 2.56. The van der Waals surface area contributed by atoms with Crippen LogP contribution in [0.3, 0.4) is 0 Å². The Hall–Kier alpha value is -3.68. The van der Waals surface area contributed by atoms with Crippen molar-refractivity contribution in [2.75, 3.05) is 5.32 Å². The molecule has 0 fully saturated rings. The van der Waals surface area contributed by atoms with Crippen LogP contribution in [0.1, 0.15) is 35.6 Å². The molecule has 1 aromatic heterocycles. The Morgan fingerprint density at radius 3 is 2.31 bits per heavy atom. The molecule has 0 bridgehead atoms. The summed E-state index contributed by atoms with van der Waals surface area (Å²) >= 11 is 6.12. The summed E-state index contributed by atoms with van der Waals surface area (Å²) in [4.78, 5) is 12.8. The smallest absolute Gasteiger partial charge is 0.360 e. The molecule has 3 atom stereocenters. The third kappa shape index (κ3) is 3.77. The zero-order chi connectivity index (χ0) is 24.7. The van der Waals surface area contributed by atoms with Crippen molar-refractivity contribution in [3.05, 3.63) is 106 Å². The average molecular weight is 492 g/mol. The maximum atomic E-state index is 13.6. The molecule has 0 amide bonds. The Bertz CT molecular complexity index is 1370. The van der Waals surface area contributed by atoms with Crippen molar-refractivity contribution < 1.29 is 19.4 Å². The summed E-state index contributed by atoms with van der Waals surface area (Å²) in [7, 11) is 0. The maximum absolute atomic E-state index is 13.6. The van der Waals surface area contributed by atoms with Crippen LogP contribution in [0, 0.1) is 5.82 Å². The second-order valence-corrected chi connectivity index (χ2v) is 8.98. The van der Waals surface area contributed by atoms with Gasteiger partial charge in [0.1, 0.15) is 11.6 Å². The molecule has 1 aliphatic rings. The zero-order valence-corrected chi connectivity index (χ0v) is 19.6. The van der Waals surface area contributed by atoms with Crippen molar-refractivity contribution in [1.82, 2.24) is 9.78 Å². The van der Waals surface area contributed by atoms with Gasteiger partial charge < -0.3 is 15.5 Å². The molecule has 0 aliphatic carbocycles. The predicted octanol–water partition coefficient (Wildman–Crippen LogP) is 5.59. The number of carboxylic acid groups (broad SMARTS) is 1. The minimum absolute atomic E-state index is 0.386. The Labute approximate surface area is 206 Å². The molecule has 0 saturated heterocycles. The number of nitrogens with one attached hydrogen (secondary N) is 1. The molecule has 8 heteroatoms. The highest BCUT2D eigenvalue weighted by Crippen LogP contribution is 2.50. The topological polar surface area (TPSA) is 87.4 Å². The SMILES string of the molecule is CCc1c(-c2ccc(F)cc2)nn2c1N[C@H](c1ccc(Cl)cc1)[C@@H](c1ccccc1)[C@@]2(O)C(=O)O. The Morgan fingerprint density at radius 2 is 1.71 bits per heavy atom. The molecule has 1 aliphatic heterocycles. The summed E-state index contributed by atoms with van der Waals surface area (Å²) in [5.74, 6) is -2.34. The Balaban J connectivity index is 1.79. The van der Waals surface area contributed by atoms with Crippen LogP contribution in [0.5, 0.6) is 0 Å². The van der Waals surface area contributed by atoms with Gasteiger partial charge in [0.15, 0.2) is 0 Å². The van der Waals surface area contributed by atoms with Crippen LogP contribution in [0.25, 0.3) is 11.3 Å². The number of hydrogen-bond acceptors (Lipinski definition) is 4. The number of halogens is 2. The molecule has 5 rings (SSSR count). The van der Waals surface area contributed by atoms with Crippen LogP contribution in [0.2, 0.25) is 5.02 Å². The third-order valence-corrected chi connectivity index (χ3v) is 6.79. The van der Waals surface area contributed by atoms with E-state index < -0.39 is 23.7 Å². The number of nitrogens with zero attached hydrogens (tertiary/aromatic N) is 2. The quantitative estimate of drug-likeness (QED) is 0.339. The first kappa shape index (κ1) is 23.1. The average Bonchev–Trinajstić information content (AvgIpc) is 3.24. The van der Waals surface area contributed by atoms with Gasteiger partial charge in [-0.3, -0.25) is 0 Å². The first-order chi connectivity index (χ1) is 16.8. The lowest BCUT2D eigenvalue weighted by Crippen LogP contribution is -2.54. The number of aromatic nitrogens is 2. The fourth-order valence-electron chi connectivity index (χ4n) is 4.87. The lowest BCUT2D eigenvalue weighted by molar-refractivity contribution is -0.179. The number of rotatable bonds is 5. The van der Waals surface area contributed by atoms with E-state index in [1.54, 1.807) is 48.5 Å². The largest absolute Gasteiger partial charge is 0.478 e. The molecule has 0 unspecified atom stereocenters. The van der Waals surface area contributed by atoms with E-state index in [4.69, 9.17) is 11.6 Å². The molecule has 6 nitrogen and oxygen atoms in total. The van der Waals surface area contributed by atoms with Gasteiger partial charge in [0, 0.05) is 16.1 Å². The van der Waals surface area contributed by atoms with E-state index in [0.29, 0.717) is 34.1 Å². The zero-order valence-electron chi connectivity index (χ0n) is 18.8. The van der Waals surface area contributed by atoms with Gasteiger partial charge in [-0.05, 0) is 53.9 Å². The normalized spacial score (nSPS) is 21.3. The number of fused-ring (bicyclic) bond motifs is 1. The molecule has 178 valence electrons. The van der Waals surface area contributed by atoms with Crippen LogP contribution < -0.4 is 5.32 Å². The Morgan fingerprint density at radius 1 is 1.06 bits per heavy atom. The van der Waals surface area contributed by atoms with Crippen LogP contribution in [0.15, 0.2) is 78.9 Å². The highest BCUT2D eigenvalue weighted by molar-refractivity contribution is 6.30. The molecule has 0 saturated carbocycles. The van der Waals surface area contributed by atoms with Gasteiger partial charge in [-0.25, -0.2) is 13.9 Å². The number of benzene rings is 3. The molecule has 0 radical (unpaired) electrons. The Kier molecular flexibility index (Phi) is 5.83. The van der Waals surface area contributed by atoms with Crippen LogP contribution in [0.4, 0.5) is 10.2 Å². The van der Waals surface area contributed by atoms with Gasteiger partial charge in [0.05, 0.1) is 17.7 Å². The molecular formula is C27H23ClFN3O3. The van der Waals surface area contributed by atoms with Crippen molar-refractivity contribution in [3.63, 3.8) is 0 Å². The molecule has 2 heterocycles. The summed E-state index contributed by atoms with van der Waals surface area (Å²) in [6.45, 7) is 1.92. The van der Waals surface area contributed by atoms with Gasteiger partial charge >= 0.3 is 5.97 Å². The van der Waals surface area contributed by atoms with E-state index in [-0.39, 0.29) is 5.82 Å². The molecular weight excluding hydrogens is 469 g/mol. The number of anilines is 1. The van der Waals surface area contributed by atoms with Gasteiger partial charge in [-0.2, -0.15) is 5.10 Å². The standard InChI is InChI=1S/C27H23ClFN3O3/c1-2-21-23(17-10-14-20(29)15-11-17)31-32-25(21)30-24(18-8-12-19(28)13-9-18)22(27(32,35)26(33)34)16-6-4-3-5-7-16/h3-15,22,24,30,35H,2H2,1H3,(H,33,34)/t22-,24-,27-/m1/s1. The monoisotopic (exact) mass is 491 g/mol. The van der Waals surface area contributed by atoms with Crippen LogP contribution in [-0.2, 0) is 16.9 Å². The first-order valence-corrected chi connectivity index (χ1v) is 11.6. The van der Waals surface area contributed by atoms with E-state index in [0.717, 1.165) is 15.8 Å². The van der Waals surface area contributed by atoms with Crippen molar-refractivity contribution in [1.29, 1.82) is 0 Å². The summed E-state index contributed by atoms with van der Waals surface area (Å²) in [5.41, 5.74) is 0.821. The third-order valence-electron chi connectivity index (χ3n) is 6.54. The summed E-state index contributed by atoms with van der Waals surface area (Å²) < 4.78 is 14.7. The fraction of sp³-hybridized carbons (Fsp3) is 0.185. The van der Waals surface area contributed by atoms with Gasteiger partial charge in [0.2, 0.25) is 0 Å². The minimum Gasteiger partial charge on any atom is -0.478 e. The number of aliphatic hydroxyl groups is 1. The molecule has 3 aromatic carbocycles. The highest BCUT2D eigenvalue weighted by atomic mass is 35.5. The first-order valence-electron chi connectivity index (χ1n) is 11.3. The van der Waals surface area contributed by atoms with Gasteiger partial charge in [0.25, 0.3) is 5.72 Å². The predicted molar refractivity (Wildman–Crippen MR) is 132 cm³/mol. The van der Waals surface area contributed by atoms with E-state index in [1.807, 2.05) is 25.1 Å². The van der Waals surface area contributed by atoms with Crippen molar-refractivity contribution in [2.45, 2.75) is 31.0 Å². The summed E-state index contributed by atoms with van der Waals surface area (Å²) in [5, 5.41) is 31.1. The minimum atomic E-state index is -2.41. The van der Waals surface area contributed by atoms with E-state index in [1.165, 1.54) is 12.1 Å². The van der Waals surface area contributed by atoms with Crippen molar-refractivity contribution >= 4 is 23.4 Å². The van der Waals surface area contributed by atoms with E-state index in [9.17, 15) is 19.4 Å². The number of carbonyl (C=O) groups is 1. The van der Waals surface area contributed by atoms with Crippen LogP contribution >= 0.6 is 11.6 Å². The van der Waals surface area contributed by atoms with E-state index >= 15 is 0 Å². The lowest BCUT2D eigenvalue weighted by Gasteiger charge is -2.44. The number of aliphatic carboxylic acids is 1. The molecule has 0 spiro atoms. The van der Waals surface area contributed by atoms with E-state index in [2.05, 4.69) is 10.4 Å². The lowest BCUT2D eigenvalue weighted by atomic mass is 9.77. The second-order valence-electron chi connectivity index (χ2n) is 8.54. The number of hydrogen-bond donors (Lipinski definition) is 3. The second kappa shape index (κ2) is 8.83. The molecule has 4 aromatic rings. The van der Waals surface area contributed by atoms with Gasteiger partial charge in [-0.1, -0.05) is 61.0 Å². The van der Waals surface area contributed by atoms with Crippen LogP contribution in [-0.4, -0.2) is 26.0 Å². The van der Waals surface area contributed by atoms with Crippen molar-refractivity contribution in [3.8, 4) is 11.3 Å². The fourth-order valence-corrected chi connectivity index (χ4v) is 5.00. The summed E-state index contributed by atoms with van der Waals surface area (Å²) in [6.07, 6.45) is 0.508. The maximum Gasteiger partial charge on any atom is 0.360 e. The van der Waals surface area contributed by atoms with Gasteiger partial charge in [-0.15, -0.1) is 0 Å². The molecule has 35 heavy (non-hydrogen) atoms. The van der Waals surface area contributed by atoms with Crippen molar-refractivity contribution in [2.24, 2.45) is 0 Å². The number of carboxylic acids is 1. The summed E-state index contributed by atoms with van der Waals surface area (Å²) in [6, 6.07) is 21.3. The molecule has 3 N–H and O–H groups in total.